The predicted octanol–water partition coefficient (Wildman–Crippen LogP) is 4.08. The highest BCUT2D eigenvalue weighted by Gasteiger charge is 1.99. The molecule has 0 radical (unpaired) electrons. The summed E-state index contributed by atoms with van der Waals surface area (Å²) in [4.78, 5) is 0. The Kier molecular flexibility index (Phi) is 4.34. The highest BCUT2D eigenvalue weighted by atomic mass is 35.5. The second-order valence-electron chi connectivity index (χ2n) is 4.32. The van der Waals surface area contributed by atoms with Gasteiger partial charge in [0.1, 0.15) is 5.82 Å². The molecular weight excluding hydrogens is 249 g/mol. The molecule has 0 heterocycles. The average molecular weight is 264 g/mol. The van der Waals surface area contributed by atoms with Crippen molar-refractivity contribution in [2.24, 2.45) is 0 Å². The first kappa shape index (κ1) is 13.1. The Hall–Kier alpha value is -1.38. The van der Waals surface area contributed by atoms with Crippen molar-refractivity contribution >= 4 is 11.6 Å². The minimum Gasteiger partial charge on any atom is -0.309 e. The molecule has 2 aromatic rings. The van der Waals surface area contributed by atoms with Gasteiger partial charge in [0.2, 0.25) is 0 Å². The summed E-state index contributed by atoms with van der Waals surface area (Å²) in [5.41, 5.74) is 3.14. The second-order valence-corrected chi connectivity index (χ2v) is 4.72. The number of rotatable bonds is 4. The van der Waals surface area contributed by atoms with E-state index in [0.717, 1.165) is 28.3 Å². The SMILES string of the molecule is Cc1ccc(CNCc2cccc(F)c2)cc1Cl. The van der Waals surface area contributed by atoms with Gasteiger partial charge in [-0.25, -0.2) is 4.39 Å². The largest absolute Gasteiger partial charge is 0.309 e. The molecule has 94 valence electrons. The van der Waals surface area contributed by atoms with Gasteiger partial charge in [0.15, 0.2) is 0 Å². The highest BCUT2D eigenvalue weighted by Crippen LogP contribution is 2.16. The molecule has 0 aliphatic heterocycles. The van der Waals surface area contributed by atoms with Crippen LogP contribution in [0.5, 0.6) is 0 Å². The summed E-state index contributed by atoms with van der Waals surface area (Å²) < 4.78 is 13.0. The van der Waals surface area contributed by atoms with Crippen molar-refractivity contribution in [3.05, 3.63) is 70.0 Å². The van der Waals surface area contributed by atoms with Crippen LogP contribution in [0.3, 0.4) is 0 Å². The van der Waals surface area contributed by atoms with Crippen LogP contribution in [0, 0.1) is 12.7 Å². The summed E-state index contributed by atoms with van der Waals surface area (Å²) in [6, 6.07) is 12.6. The van der Waals surface area contributed by atoms with Crippen molar-refractivity contribution < 1.29 is 4.39 Å². The molecule has 2 rings (SSSR count). The van der Waals surface area contributed by atoms with E-state index in [-0.39, 0.29) is 5.82 Å². The lowest BCUT2D eigenvalue weighted by atomic mass is 10.1. The van der Waals surface area contributed by atoms with Gasteiger partial charge in [0, 0.05) is 18.1 Å². The fraction of sp³-hybridized carbons (Fsp3) is 0.200. The van der Waals surface area contributed by atoms with Gasteiger partial charge < -0.3 is 5.32 Å². The number of nitrogens with one attached hydrogen (secondary N) is 1. The Bertz CT molecular complexity index is 540. The van der Waals surface area contributed by atoms with E-state index in [1.165, 1.54) is 12.1 Å². The maximum Gasteiger partial charge on any atom is 0.123 e. The van der Waals surface area contributed by atoms with E-state index in [0.29, 0.717) is 6.54 Å². The van der Waals surface area contributed by atoms with Gasteiger partial charge >= 0.3 is 0 Å². The van der Waals surface area contributed by atoms with Gasteiger partial charge in [-0.15, -0.1) is 0 Å². The molecule has 0 saturated carbocycles. The van der Waals surface area contributed by atoms with Gasteiger partial charge in [-0.05, 0) is 41.8 Å². The minimum atomic E-state index is -0.201. The van der Waals surface area contributed by atoms with Crippen LogP contribution in [0.4, 0.5) is 4.39 Å². The summed E-state index contributed by atoms with van der Waals surface area (Å²) in [6.45, 7) is 3.34. The van der Waals surface area contributed by atoms with Crippen LogP contribution in [-0.4, -0.2) is 0 Å². The van der Waals surface area contributed by atoms with Crippen LogP contribution in [0.2, 0.25) is 5.02 Å². The standard InChI is InChI=1S/C15H15ClFN/c1-11-5-6-13(8-15(11)16)10-18-9-12-3-2-4-14(17)7-12/h2-8,18H,9-10H2,1H3. The molecular formula is C15H15ClFN. The van der Waals surface area contributed by atoms with E-state index >= 15 is 0 Å². The first-order valence-electron chi connectivity index (χ1n) is 5.85. The lowest BCUT2D eigenvalue weighted by Gasteiger charge is -2.07. The summed E-state index contributed by atoms with van der Waals surface area (Å²) in [7, 11) is 0. The molecule has 0 aliphatic rings. The van der Waals surface area contributed by atoms with Gasteiger partial charge in [-0.1, -0.05) is 35.9 Å². The molecule has 0 amide bonds. The predicted molar refractivity (Wildman–Crippen MR) is 73.1 cm³/mol. The molecule has 2 aromatic carbocycles. The molecule has 0 spiro atoms. The normalized spacial score (nSPS) is 10.6. The summed E-state index contributed by atoms with van der Waals surface area (Å²) in [5, 5.41) is 4.04. The smallest absolute Gasteiger partial charge is 0.123 e. The van der Waals surface area contributed by atoms with Crippen LogP contribution in [0.15, 0.2) is 42.5 Å². The molecule has 3 heteroatoms. The lowest BCUT2D eigenvalue weighted by molar-refractivity contribution is 0.620. The Morgan fingerprint density at radius 1 is 1.06 bits per heavy atom. The molecule has 1 N–H and O–H groups in total. The number of aryl methyl sites for hydroxylation is 1. The maximum absolute atomic E-state index is 13.0. The summed E-state index contributed by atoms with van der Waals surface area (Å²) >= 11 is 6.05. The third-order valence-electron chi connectivity index (χ3n) is 2.78. The number of halogens is 2. The number of benzene rings is 2. The van der Waals surface area contributed by atoms with Gasteiger partial charge in [-0.3, -0.25) is 0 Å². The third-order valence-corrected chi connectivity index (χ3v) is 3.19. The molecule has 0 atom stereocenters. The highest BCUT2D eigenvalue weighted by molar-refractivity contribution is 6.31. The zero-order valence-corrected chi connectivity index (χ0v) is 11.0. The Morgan fingerprint density at radius 3 is 2.44 bits per heavy atom. The van der Waals surface area contributed by atoms with E-state index in [1.807, 2.05) is 31.2 Å². The van der Waals surface area contributed by atoms with Crippen LogP contribution in [0.1, 0.15) is 16.7 Å². The molecule has 1 nitrogen and oxygen atoms in total. The van der Waals surface area contributed by atoms with E-state index in [9.17, 15) is 4.39 Å². The Labute approximate surface area is 112 Å². The van der Waals surface area contributed by atoms with Gasteiger partial charge in [0.05, 0.1) is 0 Å². The maximum atomic E-state index is 13.0. The van der Waals surface area contributed by atoms with Crippen molar-refractivity contribution in [3.8, 4) is 0 Å². The first-order valence-corrected chi connectivity index (χ1v) is 6.23. The fourth-order valence-electron chi connectivity index (χ4n) is 1.74. The molecule has 0 saturated heterocycles. The van der Waals surface area contributed by atoms with E-state index in [2.05, 4.69) is 5.32 Å². The van der Waals surface area contributed by atoms with Crippen LogP contribution in [-0.2, 0) is 13.1 Å². The van der Waals surface area contributed by atoms with Crippen LogP contribution < -0.4 is 5.32 Å². The Balaban J connectivity index is 1.90. The van der Waals surface area contributed by atoms with Crippen molar-refractivity contribution in [2.45, 2.75) is 20.0 Å². The van der Waals surface area contributed by atoms with E-state index < -0.39 is 0 Å². The number of hydrogen-bond donors (Lipinski definition) is 1. The van der Waals surface area contributed by atoms with Gasteiger partial charge in [-0.2, -0.15) is 0 Å². The quantitative estimate of drug-likeness (QED) is 0.877. The average Bonchev–Trinajstić information content (AvgIpc) is 2.34. The van der Waals surface area contributed by atoms with Crippen molar-refractivity contribution in [1.82, 2.24) is 5.32 Å². The van der Waals surface area contributed by atoms with E-state index in [4.69, 9.17) is 11.6 Å². The van der Waals surface area contributed by atoms with Crippen LogP contribution in [0.25, 0.3) is 0 Å². The monoisotopic (exact) mass is 263 g/mol. The topological polar surface area (TPSA) is 12.0 Å². The molecule has 0 unspecified atom stereocenters. The molecule has 0 fully saturated rings. The third kappa shape index (κ3) is 3.56. The second kappa shape index (κ2) is 5.98. The zero-order chi connectivity index (χ0) is 13.0. The lowest BCUT2D eigenvalue weighted by Crippen LogP contribution is -2.12. The zero-order valence-electron chi connectivity index (χ0n) is 10.2. The Morgan fingerprint density at radius 2 is 1.78 bits per heavy atom. The number of hydrogen-bond acceptors (Lipinski definition) is 1. The van der Waals surface area contributed by atoms with Crippen molar-refractivity contribution in [3.63, 3.8) is 0 Å². The summed E-state index contributed by atoms with van der Waals surface area (Å²) in [6.07, 6.45) is 0. The molecule has 18 heavy (non-hydrogen) atoms. The molecule has 0 aromatic heterocycles. The van der Waals surface area contributed by atoms with Crippen molar-refractivity contribution in [1.29, 1.82) is 0 Å². The van der Waals surface area contributed by atoms with Crippen LogP contribution >= 0.6 is 11.6 Å². The summed E-state index contributed by atoms with van der Waals surface area (Å²) in [5.74, 6) is -0.201. The minimum absolute atomic E-state index is 0.201. The fourth-order valence-corrected chi connectivity index (χ4v) is 1.95. The van der Waals surface area contributed by atoms with Crippen molar-refractivity contribution in [2.75, 3.05) is 0 Å². The molecule has 0 aliphatic carbocycles. The van der Waals surface area contributed by atoms with Gasteiger partial charge in [0.25, 0.3) is 0 Å². The first-order chi connectivity index (χ1) is 8.65. The molecule has 0 bridgehead atoms. The van der Waals surface area contributed by atoms with E-state index in [1.54, 1.807) is 6.07 Å².